The van der Waals surface area contributed by atoms with Crippen molar-refractivity contribution in [1.82, 2.24) is 0 Å². The largest absolute Gasteiger partial charge is 0.506 e. The maximum Gasteiger partial charge on any atom is 0.416 e. The van der Waals surface area contributed by atoms with Crippen LogP contribution in [0.25, 0.3) is 11.3 Å². The van der Waals surface area contributed by atoms with Crippen LogP contribution in [-0.4, -0.2) is 5.11 Å². The Hall–Kier alpha value is -2.67. The Labute approximate surface area is 163 Å². The third-order valence-electron chi connectivity index (χ3n) is 4.12. The summed E-state index contributed by atoms with van der Waals surface area (Å²) in [6.07, 6.45) is -4.52. The number of aromatic hydroxyl groups is 1. The second-order valence-electron chi connectivity index (χ2n) is 6.49. The molecule has 28 heavy (non-hydrogen) atoms. The lowest BCUT2D eigenvalue weighted by molar-refractivity contribution is -0.137. The van der Waals surface area contributed by atoms with Gasteiger partial charge in [-0.1, -0.05) is 55.9 Å². The second-order valence-corrected chi connectivity index (χ2v) is 7.54. The fourth-order valence-electron chi connectivity index (χ4n) is 2.72. The number of hydrogen-bond acceptors (Lipinski definition) is 4. The summed E-state index contributed by atoms with van der Waals surface area (Å²) in [5.41, 5.74) is -0.609. The highest BCUT2D eigenvalue weighted by molar-refractivity contribution is 7.99. The van der Waals surface area contributed by atoms with E-state index in [9.17, 15) is 23.1 Å². The average Bonchev–Trinajstić information content (AvgIpc) is 2.64. The normalized spacial score (nSPS) is 11.8. The van der Waals surface area contributed by atoms with Crippen molar-refractivity contribution < 1.29 is 22.7 Å². The van der Waals surface area contributed by atoms with Gasteiger partial charge in [0.2, 0.25) is 0 Å². The van der Waals surface area contributed by atoms with E-state index in [1.165, 1.54) is 12.1 Å². The van der Waals surface area contributed by atoms with Crippen LogP contribution in [0.5, 0.6) is 5.75 Å². The van der Waals surface area contributed by atoms with E-state index in [1.807, 2.05) is 38.1 Å². The van der Waals surface area contributed by atoms with E-state index >= 15 is 0 Å². The summed E-state index contributed by atoms with van der Waals surface area (Å²) in [6.45, 7) is 4.02. The molecule has 146 valence electrons. The minimum atomic E-state index is -4.52. The smallest absolute Gasteiger partial charge is 0.416 e. The monoisotopic (exact) mass is 406 g/mol. The zero-order valence-electron chi connectivity index (χ0n) is 15.1. The molecule has 3 aromatic rings. The quantitative estimate of drug-likeness (QED) is 0.552. The fourth-order valence-corrected chi connectivity index (χ4v) is 3.79. The van der Waals surface area contributed by atoms with Gasteiger partial charge in [0, 0.05) is 16.5 Å². The Morgan fingerprint density at radius 1 is 1.04 bits per heavy atom. The zero-order valence-corrected chi connectivity index (χ0v) is 15.9. The Kier molecular flexibility index (Phi) is 5.56. The Morgan fingerprint density at radius 3 is 2.39 bits per heavy atom. The highest BCUT2D eigenvalue weighted by atomic mass is 32.2. The first-order chi connectivity index (χ1) is 13.2. The van der Waals surface area contributed by atoms with Crippen molar-refractivity contribution in [3.8, 4) is 17.1 Å². The maximum absolute atomic E-state index is 12.9. The van der Waals surface area contributed by atoms with Gasteiger partial charge >= 0.3 is 11.8 Å². The first-order valence-corrected chi connectivity index (χ1v) is 9.30. The topological polar surface area (TPSA) is 50.4 Å². The summed E-state index contributed by atoms with van der Waals surface area (Å²) >= 11 is 1.07. The van der Waals surface area contributed by atoms with E-state index in [0.29, 0.717) is 0 Å². The third-order valence-corrected chi connectivity index (χ3v) is 5.29. The molecule has 0 saturated carbocycles. The van der Waals surface area contributed by atoms with Crippen molar-refractivity contribution in [2.45, 2.75) is 35.7 Å². The standard InChI is InChI=1S/C21H17F3O3S/c1-12(2)15-8-3-4-9-18(15)28-19-16(25)11-17(27-20(19)26)13-6-5-7-14(10-13)21(22,23)24/h3-12,25H,1-2H3. The number of halogens is 3. The van der Waals surface area contributed by atoms with Crippen LogP contribution in [0.15, 0.2) is 73.6 Å². The first kappa shape index (κ1) is 20.1. The van der Waals surface area contributed by atoms with E-state index in [0.717, 1.165) is 40.4 Å². The average molecular weight is 406 g/mol. The van der Waals surface area contributed by atoms with Gasteiger partial charge in [0.15, 0.2) is 0 Å². The van der Waals surface area contributed by atoms with E-state index < -0.39 is 17.4 Å². The van der Waals surface area contributed by atoms with Crippen LogP contribution in [0, 0.1) is 0 Å². The number of rotatable bonds is 4. The molecular formula is C21H17F3O3S. The molecule has 0 aliphatic heterocycles. The van der Waals surface area contributed by atoms with Crippen molar-refractivity contribution in [3.05, 3.63) is 76.1 Å². The first-order valence-electron chi connectivity index (χ1n) is 8.48. The fraction of sp³-hybridized carbons (Fsp3) is 0.190. The molecule has 0 unspecified atom stereocenters. The zero-order chi connectivity index (χ0) is 20.5. The van der Waals surface area contributed by atoms with Gasteiger partial charge in [0.1, 0.15) is 16.4 Å². The lowest BCUT2D eigenvalue weighted by Crippen LogP contribution is -2.06. The van der Waals surface area contributed by atoms with Crippen LogP contribution in [0.4, 0.5) is 13.2 Å². The molecule has 3 nitrogen and oxygen atoms in total. The minimum absolute atomic E-state index is 0.0103. The third kappa shape index (κ3) is 4.25. The molecular weight excluding hydrogens is 389 g/mol. The van der Waals surface area contributed by atoms with Gasteiger partial charge in [0.25, 0.3) is 0 Å². The molecule has 3 rings (SSSR count). The van der Waals surface area contributed by atoms with Gasteiger partial charge in [0.05, 0.1) is 5.56 Å². The van der Waals surface area contributed by atoms with Crippen LogP contribution in [0.3, 0.4) is 0 Å². The molecule has 0 aliphatic rings. The SMILES string of the molecule is CC(C)c1ccccc1Sc1c(O)cc(-c2cccc(C(F)(F)F)c2)oc1=O. The Balaban J connectivity index is 2.00. The van der Waals surface area contributed by atoms with E-state index in [-0.39, 0.29) is 27.9 Å². The van der Waals surface area contributed by atoms with Crippen LogP contribution < -0.4 is 5.63 Å². The summed E-state index contributed by atoms with van der Waals surface area (Å²) in [7, 11) is 0. The number of hydrogen-bond donors (Lipinski definition) is 1. The van der Waals surface area contributed by atoms with E-state index in [4.69, 9.17) is 4.42 Å². The maximum atomic E-state index is 12.9. The van der Waals surface area contributed by atoms with Gasteiger partial charge in [-0.3, -0.25) is 0 Å². The van der Waals surface area contributed by atoms with Crippen LogP contribution in [0.1, 0.15) is 30.9 Å². The molecule has 0 spiro atoms. The molecule has 0 aliphatic carbocycles. The summed E-state index contributed by atoms with van der Waals surface area (Å²) in [4.78, 5) is 13.2. The molecule has 0 saturated heterocycles. The van der Waals surface area contributed by atoms with Crippen LogP contribution in [0.2, 0.25) is 0 Å². The van der Waals surface area contributed by atoms with Gasteiger partial charge in [-0.05, 0) is 29.7 Å². The predicted molar refractivity (Wildman–Crippen MR) is 102 cm³/mol. The van der Waals surface area contributed by atoms with Crippen molar-refractivity contribution in [1.29, 1.82) is 0 Å². The van der Waals surface area contributed by atoms with E-state index in [1.54, 1.807) is 0 Å². The molecule has 0 radical (unpaired) electrons. The van der Waals surface area contributed by atoms with Gasteiger partial charge < -0.3 is 9.52 Å². The Bertz CT molecular complexity index is 1060. The summed E-state index contributed by atoms with van der Waals surface area (Å²) in [5.74, 6) is -0.260. The lowest BCUT2D eigenvalue weighted by atomic mass is 10.0. The Morgan fingerprint density at radius 2 is 1.75 bits per heavy atom. The molecule has 2 aromatic carbocycles. The molecule has 0 fully saturated rings. The van der Waals surface area contributed by atoms with Gasteiger partial charge in [-0.25, -0.2) is 4.79 Å². The molecule has 0 atom stereocenters. The summed E-state index contributed by atoms with van der Waals surface area (Å²) in [6, 6.07) is 13.0. The van der Waals surface area contributed by atoms with E-state index in [2.05, 4.69) is 0 Å². The molecule has 0 bridgehead atoms. The van der Waals surface area contributed by atoms with Crippen molar-refractivity contribution in [2.75, 3.05) is 0 Å². The van der Waals surface area contributed by atoms with Crippen LogP contribution in [-0.2, 0) is 6.18 Å². The van der Waals surface area contributed by atoms with Crippen molar-refractivity contribution in [3.63, 3.8) is 0 Å². The van der Waals surface area contributed by atoms with Crippen molar-refractivity contribution in [2.24, 2.45) is 0 Å². The molecule has 1 N–H and O–H groups in total. The predicted octanol–water partition coefficient (Wildman–Crippen LogP) is 6.31. The summed E-state index contributed by atoms with van der Waals surface area (Å²) in [5, 5.41) is 10.4. The minimum Gasteiger partial charge on any atom is -0.506 e. The number of benzene rings is 2. The van der Waals surface area contributed by atoms with Crippen molar-refractivity contribution >= 4 is 11.8 Å². The molecule has 7 heteroatoms. The number of alkyl halides is 3. The van der Waals surface area contributed by atoms with Crippen LogP contribution >= 0.6 is 11.8 Å². The molecule has 1 aromatic heterocycles. The molecule has 0 amide bonds. The lowest BCUT2D eigenvalue weighted by Gasteiger charge is -2.12. The van der Waals surface area contributed by atoms with Gasteiger partial charge in [-0.2, -0.15) is 13.2 Å². The second kappa shape index (κ2) is 7.75. The van der Waals surface area contributed by atoms with Gasteiger partial charge in [-0.15, -0.1) is 0 Å². The molecule has 1 heterocycles. The summed E-state index contributed by atoms with van der Waals surface area (Å²) < 4.78 is 43.9. The highest BCUT2D eigenvalue weighted by Crippen LogP contribution is 2.38. The highest BCUT2D eigenvalue weighted by Gasteiger charge is 2.30.